The van der Waals surface area contributed by atoms with E-state index in [9.17, 15) is 19.4 Å². The Morgan fingerprint density at radius 2 is 0.948 bits per heavy atom. The molecule has 3 unspecified atom stereocenters. The molecule has 0 spiro atoms. The molecule has 3 atom stereocenters. The Hall–Kier alpha value is -1.02. The van der Waals surface area contributed by atoms with E-state index in [0.717, 1.165) is 51.4 Å². The molecule has 0 saturated carbocycles. The highest BCUT2D eigenvalue weighted by Crippen LogP contribution is 2.38. The lowest BCUT2D eigenvalue weighted by atomic mass is 10.0. The largest absolute Gasteiger partial charge is 0.756 e. The molecule has 1 amide bonds. The Bertz CT molecular complexity index is 1000. The fraction of sp³-hybridized carbons (Fsp3) is 0.898. The van der Waals surface area contributed by atoms with E-state index in [-0.39, 0.29) is 19.1 Å². The van der Waals surface area contributed by atoms with E-state index in [0.29, 0.717) is 17.4 Å². The van der Waals surface area contributed by atoms with Gasteiger partial charge in [0.05, 0.1) is 39.9 Å². The molecule has 9 heteroatoms. The third-order valence-electron chi connectivity index (χ3n) is 11.2. The Morgan fingerprint density at radius 3 is 1.34 bits per heavy atom. The number of rotatable bonds is 45. The monoisotopic (exact) mass is 841 g/mol. The van der Waals surface area contributed by atoms with Crippen molar-refractivity contribution >= 4 is 13.7 Å². The van der Waals surface area contributed by atoms with E-state index in [1.165, 1.54) is 161 Å². The van der Waals surface area contributed by atoms with Crippen molar-refractivity contribution in [3.63, 3.8) is 0 Å². The van der Waals surface area contributed by atoms with Gasteiger partial charge in [-0.15, -0.1) is 0 Å². The highest BCUT2D eigenvalue weighted by atomic mass is 31.2. The van der Waals surface area contributed by atoms with Crippen molar-refractivity contribution < 1.29 is 32.9 Å². The zero-order chi connectivity index (χ0) is 42.8. The molecule has 0 aromatic heterocycles. The number of carbonyl (C=O) groups is 1. The lowest BCUT2D eigenvalue weighted by Crippen LogP contribution is -2.45. The van der Waals surface area contributed by atoms with E-state index in [1.807, 2.05) is 27.2 Å². The summed E-state index contributed by atoms with van der Waals surface area (Å²) >= 11 is 0. The molecule has 0 radical (unpaired) electrons. The number of amides is 1. The number of carbonyl (C=O) groups excluding carboxylic acids is 1. The van der Waals surface area contributed by atoms with Crippen molar-refractivity contribution in [3.8, 4) is 0 Å². The van der Waals surface area contributed by atoms with Crippen LogP contribution < -0.4 is 10.2 Å². The molecular weight excluding hydrogens is 744 g/mol. The number of nitrogens with one attached hydrogen (secondary N) is 1. The molecule has 8 nitrogen and oxygen atoms in total. The van der Waals surface area contributed by atoms with Gasteiger partial charge in [0.2, 0.25) is 5.91 Å². The van der Waals surface area contributed by atoms with Gasteiger partial charge in [-0.25, -0.2) is 0 Å². The van der Waals surface area contributed by atoms with Gasteiger partial charge in [0.15, 0.2) is 0 Å². The van der Waals surface area contributed by atoms with Crippen LogP contribution >= 0.6 is 7.82 Å². The van der Waals surface area contributed by atoms with E-state index >= 15 is 0 Å². The number of nitrogens with zero attached hydrogens (tertiary/aromatic N) is 1. The first kappa shape index (κ1) is 57.0. The average Bonchev–Trinajstić information content (AvgIpc) is 3.17. The predicted molar refractivity (Wildman–Crippen MR) is 247 cm³/mol. The van der Waals surface area contributed by atoms with Crippen molar-refractivity contribution in [2.75, 3.05) is 40.9 Å². The number of aliphatic hydroxyl groups is 1. The Kier molecular flexibility index (Phi) is 40.6. The number of phosphoric ester groups is 1. The van der Waals surface area contributed by atoms with E-state index in [4.69, 9.17) is 9.05 Å². The molecule has 0 rings (SSSR count). The second-order valence-electron chi connectivity index (χ2n) is 18.2. The third kappa shape index (κ3) is 43.1. The van der Waals surface area contributed by atoms with Crippen LogP contribution in [0.4, 0.5) is 0 Å². The molecule has 0 aliphatic heterocycles. The third-order valence-corrected chi connectivity index (χ3v) is 12.1. The first-order chi connectivity index (χ1) is 28.0. The minimum Gasteiger partial charge on any atom is -0.756 e. The molecule has 0 saturated heterocycles. The van der Waals surface area contributed by atoms with E-state index < -0.39 is 20.0 Å². The maximum Gasteiger partial charge on any atom is 0.268 e. The molecule has 2 N–H and O–H groups in total. The van der Waals surface area contributed by atoms with Crippen molar-refractivity contribution in [2.24, 2.45) is 0 Å². The maximum atomic E-state index is 12.9. The summed E-state index contributed by atoms with van der Waals surface area (Å²) in [6.45, 7) is 4.66. The summed E-state index contributed by atoms with van der Waals surface area (Å²) in [5.74, 6) is -0.204. The zero-order valence-corrected chi connectivity index (χ0v) is 39.9. The molecule has 58 heavy (non-hydrogen) atoms. The molecule has 0 fully saturated rings. The fourth-order valence-electron chi connectivity index (χ4n) is 7.21. The lowest BCUT2D eigenvalue weighted by Gasteiger charge is -2.29. The highest BCUT2D eigenvalue weighted by Gasteiger charge is 2.23. The van der Waals surface area contributed by atoms with Crippen LogP contribution in [0.2, 0.25) is 0 Å². The summed E-state index contributed by atoms with van der Waals surface area (Å²) in [4.78, 5) is 25.4. The molecule has 0 aromatic carbocycles. The van der Waals surface area contributed by atoms with Crippen molar-refractivity contribution in [2.45, 2.75) is 244 Å². The lowest BCUT2D eigenvalue weighted by molar-refractivity contribution is -0.870. The number of unbranched alkanes of at least 4 members (excludes halogenated alkanes) is 30. The minimum absolute atomic E-state index is 0.00128. The number of quaternary nitrogens is 1. The van der Waals surface area contributed by atoms with E-state index in [1.54, 1.807) is 6.08 Å². The average molecular weight is 841 g/mol. The molecule has 344 valence electrons. The van der Waals surface area contributed by atoms with E-state index in [2.05, 4.69) is 31.3 Å². The van der Waals surface area contributed by atoms with Crippen LogP contribution in [-0.2, 0) is 18.4 Å². The molecule has 0 heterocycles. The first-order valence-corrected chi connectivity index (χ1v) is 26.2. The van der Waals surface area contributed by atoms with Crippen molar-refractivity contribution in [3.05, 3.63) is 24.3 Å². The smallest absolute Gasteiger partial charge is 0.268 e. The van der Waals surface area contributed by atoms with Gasteiger partial charge >= 0.3 is 0 Å². The molecule has 0 bridgehead atoms. The highest BCUT2D eigenvalue weighted by molar-refractivity contribution is 7.45. The normalized spacial score (nSPS) is 14.4. The number of aliphatic hydroxyl groups excluding tert-OH is 1. The summed E-state index contributed by atoms with van der Waals surface area (Å²) in [5, 5.41) is 13.8. The van der Waals surface area contributed by atoms with Crippen LogP contribution in [0, 0.1) is 0 Å². The molecular formula is C49H97N2O6P. The predicted octanol–water partition coefficient (Wildman–Crippen LogP) is 13.5. The van der Waals surface area contributed by atoms with Crippen molar-refractivity contribution in [1.82, 2.24) is 5.32 Å². The number of phosphoric acid groups is 1. The Labute approximate surface area is 360 Å². The van der Waals surface area contributed by atoms with Crippen LogP contribution in [0.15, 0.2) is 24.3 Å². The maximum absolute atomic E-state index is 12.9. The summed E-state index contributed by atoms with van der Waals surface area (Å²) < 4.78 is 23.3. The van der Waals surface area contributed by atoms with Gasteiger partial charge in [-0.3, -0.25) is 9.36 Å². The van der Waals surface area contributed by atoms with Crippen LogP contribution in [0.1, 0.15) is 232 Å². The van der Waals surface area contributed by atoms with Gasteiger partial charge in [-0.2, -0.15) is 0 Å². The summed E-state index contributed by atoms with van der Waals surface area (Å²) in [6.07, 6.45) is 49.4. The first-order valence-electron chi connectivity index (χ1n) is 24.7. The number of hydrogen-bond acceptors (Lipinski definition) is 6. The van der Waals surface area contributed by atoms with Gasteiger partial charge in [-0.1, -0.05) is 205 Å². The Balaban J connectivity index is 4.36. The van der Waals surface area contributed by atoms with Gasteiger partial charge in [-0.05, 0) is 44.9 Å². The molecule has 0 aliphatic rings. The molecule has 0 aliphatic carbocycles. The number of hydrogen-bond donors (Lipinski definition) is 2. The Morgan fingerprint density at radius 1 is 0.586 bits per heavy atom. The summed E-state index contributed by atoms with van der Waals surface area (Å²) in [5.41, 5.74) is 0. The van der Waals surface area contributed by atoms with Crippen LogP contribution in [0.5, 0.6) is 0 Å². The minimum atomic E-state index is -4.59. The zero-order valence-electron chi connectivity index (χ0n) is 39.0. The van der Waals surface area contributed by atoms with Crippen LogP contribution in [-0.4, -0.2) is 68.5 Å². The van der Waals surface area contributed by atoms with Crippen molar-refractivity contribution in [1.29, 1.82) is 0 Å². The number of likely N-dealkylation sites (N-methyl/N-ethyl adjacent to an activating group) is 1. The van der Waals surface area contributed by atoms with Crippen LogP contribution in [0.3, 0.4) is 0 Å². The van der Waals surface area contributed by atoms with Gasteiger partial charge in [0.25, 0.3) is 7.82 Å². The van der Waals surface area contributed by atoms with Crippen LogP contribution in [0.25, 0.3) is 0 Å². The summed E-state index contributed by atoms with van der Waals surface area (Å²) in [7, 11) is 1.26. The standard InChI is InChI=1S/C49H97N2O6P/c1-6-8-10-12-14-16-18-20-22-24-26-28-30-32-34-36-38-40-42-48(52)47(46-57-58(54,55)56-45-44-51(3,4)5)50-49(53)43-41-39-37-35-33-31-29-27-25-23-21-19-17-15-13-11-9-7-2/h27,29,40,42,47-48,52H,6-26,28,30-39,41,43-46H2,1-5H3,(H-,50,53,54,55)/b29-27-,42-40+. The number of allylic oxidation sites excluding steroid dienone is 3. The molecule has 0 aromatic rings. The van der Waals surface area contributed by atoms with Gasteiger partial charge in [0, 0.05) is 6.42 Å². The topological polar surface area (TPSA) is 108 Å². The second-order valence-corrected chi connectivity index (χ2v) is 19.6. The second kappa shape index (κ2) is 41.3. The summed E-state index contributed by atoms with van der Waals surface area (Å²) in [6, 6.07) is -0.888. The van der Waals surface area contributed by atoms with Gasteiger partial charge in [0.1, 0.15) is 13.2 Å². The SMILES string of the molecule is CCCCCCCCCCC/C=C\CCCCCCCC(=O)NC(COP(=O)([O-])OCC[N+](C)(C)C)C(O)/C=C/CCCCCCCCCCCCCCCCCC. The fourth-order valence-corrected chi connectivity index (χ4v) is 7.93. The van der Waals surface area contributed by atoms with Gasteiger partial charge < -0.3 is 28.8 Å². The quantitative estimate of drug-likeness (QED) is 0.0274.